The van der Waals surface area contributed by atoms with E-state index in [0.717, 1.165) is 4.47 Å². The van der Waals surface area contributed by atoms with Crippen molar-refractivity contribution in [3.8, 4) is 0 Å². The number of aliphatic carboxylic acids is 1. The summed E-state index contributed by atoms with van der Waals surface area (Å²) in [5.41, 5.74) is -0.132. The molecule has 1 unspecified atom stereocenters. The molecule has 120 valence electrons. The quantitative estimate of drug-likeness (QED) is 0.801. The Hall–Kier alpha value is -1.47. The Balaban J connectivity index is 1.94. The lowest BCUT2D eigenvalue weighted by Crippen LogP contribution is -2.50. The molecule has 5 nitrogen and oxygen atoms in total. The summed E-state index contributed by atoms with van der Waals surface area (Å²) in [4.78, 5) is 23.0. The molecule has 1 aromatic rings. The molecule has 1 heterocycles. The second-order valence-corrected chi connectivity index (χ2v) is 6.29. The van der Waals surface area contributed by atoms with E-state index < -0.39 is 11.5 Å². The van der Waals surface area contributed by atoms with E-state index in [4.69, 9.17) is 9.84 Å². The van der Waals surface area contributed by atoms with Gasteiger partial charge >= 0.3 is 5.97 Å². The average Bonchev–Trinajstić information content (AvgIpc) is 2.87. The molecule has 0 saturated carbocycles. The van der Waals surface area contributed by atoms with Crippen LogP contribution in [0.1, 0.15) is 24.8 Å². The van der Waals surface area contributed by atoms with Crippen LogP contribution in [0.15, 0.2) is 22.7 Å². The van der Waals surface area contributed by atoms with Gasteiger partial charge in [0.25, 0.3) is 0 Å². The summed E-state index contributed by atoms with van der Waals surface area (Å²) in [6.45, 7) is 0.637. The number of ether oxygens (including phenoxy) is 1. The zero-order valence-corrected chi connectivity index (χ0v) is 13.5. The Morgan fingerprint density at radius 2 is 2.23 bits per heavy atom. The number of aryl methyl sites for hydroxylation is 1. The van der Waals surface area contributed by atoms with Gasteiger partial charge in [-0.15, -0.1) is 0 Å². The van der Waals surface area contributed by atoms with E-state index >= 15 is 0 Å². The van der Waals surface area contributed by atoms with Crippen LogP contribution in [0.25, 0.3) is 0 Å². The monoisotopic (exact) mass is 373 g/mol. The fourth-order valence-electron chi connectivity index (χ4n) is 2.52. The molecule has 22 heavy (non-hydrogen) atoms. The fraction of sp³-hybridized carbons (Fsp3) is 0.467. The van der Waals surface area contributed by atoms with Gasteiger partial charge < -0.3 is 15.2 Å². The lowest BCUT2D eigenvalue weighted by molar-refractivity contribution is -0.139. The molecule has 1 atom stereocenters. The maximum absolute atomic E-state index is 13.2. The minimum Gasteiger partial charge on any atom is -0.481 e. The van der Waals surface area contributed by atoms with Crippen molar-refractivity contribution >= 4 is 27.8 Å². The largest absolute Gasteiger partial charge is 0.481 e. The van der Waals surface area contributed by atoms with Crippen LogP contribution >= 0.6 is 15.9 Å². The minimum atomic E-state index is -0.973. The number of hydrogen-bond donors (Lipinski definition) is 2. The average molecular weight is 374 g/mol. The van der Waals surface area contributed by atoms with Gasteiger partial charge in [0.2, 0.25) is 5.91 Å². The summed E-state index contributed by atoms with van der Waals surface area (Å²) in [5.74, 6) is -1.59. The number of carboxylic acid groups (broad SMARTS) is 1. The van der Waals surface area contributed by atoms with Gasteiger partial charge in [-0.2, -0.15) is 0 Å². The van der Waals surface area contributed by atoms with Crippen LogP contribution in [0.5, 0.6) is 0 Å². The second kappa shape index (κ2) is 7.19. The third-order valence-electron chi connectivity index (χ3n) is 3.63. The smallest absolute Gasteiger partial charge is 0.305 e. The van der Waals surface area contributed by atoms with E-state index in [-0.39, 0.29) is 31.2 Å². The molecule has 2 N–H and O–H groups in total. The molecule has 0 bridgehead atoms. The van der Waals surface area contributed by atoms with Gasteiger partial charge in [0.15, 0.2) is 0 Å². The molecule has 1 aromatic carbocycles. The highest BCUT2D eigenvalue weighted by molar-refractivity contribution is 9.10. The third kappa shape index (κ3) is 4.51. The van der Waals surface area contributed by atoms with E-state index in [9.17, 15) is 14.0 Å². The van der Waals surface area contributed by atoms with Gasteiger partial charge in [-0.1, -0.05) is 15.9 Å². The number of nitrogens with one attached hydrogen (secondary N) is 1. The predicted molar refractivity (Wildman–Crippen MR) is 81.0 cm³/mol. The summed E-state index contributed by atoms with van der Waals surface area (Å²) in [5, 5.41) is 11.7. The number of rotatable bonds is 6. The van der Waals surface area contributed by atoms with Gasteiger partial charge in [-0.3, -0.25) is 9.59 Å². The van der Waals surface area contributed by atoms with Crippen LogP contribution < -0.4 is 5.32 Å². The van der Waals surface area contributed by atoms with Crippen LogP contribution in [-0.4, -0.2) is 35.7 Å². The molecule has 0 aromatic heterocycles. The van der Waals surface area contributed by atoms with E-state index in [1.807, 2.05) is 0 Å². The van der Waals surface area contributed by atoms with Gasteiger partial charge in [0, 0.05) is 17.5 Å². The van der Waals surface area contributed by atoms with Crippen LogP contribution in [0, 0.1) is 5.82 Å². The summed E-state index contributed by atoms with van der Waals surface area (Å²) < 4.78 is 19.2. The number of carbonyl (C=O) groups excluding carboxylic acids is 1. The van der Waals surface area contributed by atoms with Crippen molar-refractivity contribution in [3.05, 3.63) is 34.1 Å². The van der Waals surface area contributed by atoms with Crippen molar-refractivity contribution in [3.63, 3.8) is 0 Å². The van der Waals surface area contributed by atoms with E-state index in [0.29, 0.717) is 25.0 Å². The van der Waals surface area contributed by atoms with Gasteiger partial charge in [-0.05, 0) is 36.6 Å². The zero-order valence-electron chi connectivity index (χ0n) is 11.9. The van der Waals surface area contributed by atoms with Gasteiger partial charge in [0.1, 0.15) is 5.82 Å². The number of carboxylic acids is 1. The summed E-state index contributed by atoms with van der Waals surface area (Å²) in [7, 11) is 0. The SMILES string of the molecule is O=C(O)CC1(NC(=O)CCc2cc(F)ccc2Br)CCOC1. The number of halogens is 2. The summed E-state index contributed by atoms with van der Waals surface area (Å²) in [6.07, 6.45) is 0.842. The van der Waals surface area contributed by atoms with E-state index in [1.54, 1.807) is 6.07 Å². The zero-order chi connectivity index (χ0) is 16.2. The lowest BCUT2D eigenvalue weighted by atomic mass is 9.94. The highest BCUT2D eigenvalue weighted by atomic mass is 79.9. The number of hydrogen-bond acceptors (Lipinski definition) is 3. The van der Waals surface area contributed by atoms with Crippen LogP contribution in [-0.2, 0) is 20.7 Å². The predicted octanol–water partition coefficient (Wildman–Crippen LogP) is 2.27. The molecule has 7 heteroatoms. The van der Waals surface area contributed by atoms with Crippen molar-refractivity contribution in [2.45, 2.75) is 31.2 Å². The Morgan fingerprint density at radius 3 is 2.86 bits per heavy atom. The third-order valence-corrected chi connectivity index (χ3v) is 4.40. The van der Waals surface area contributed by atoms with E-state index in [2.05, 4.69) is 21.2 Å². The van der Waals surface area contributed by atoms with Gasteiger partial charge in [0.05, 0.1) is 18.6 Å². The maximum Gasteiger partial charge on any atom is 0.305 e. The molecule has 0 radical (unpaired) electrons. The van der Waals surface area contributed by atoms with Crippen molar-refractivity contribution in [2.24, 2.45) is 0 Å². The molecule has 0 spiro atoms. The molecular formula is C15H17BrFNO4. The van der Waals surface area contributed by atoms with Crippen LogP contribution in [0.4, 0.5) is 4.39 Å². The van der Waals surface area contributed by atoms with Crippen molar-refractivity contribution in [1.29, 1.82) is 0 Å². The first-order valence-corrected chi connectivity index (χ1v) is 7.74. The summed E-state index contributed by atoms with van der Waals surface area (Å²) in [6, 6.07) is 4.31. The molecule has 1 saturated heterocycles. The Labute approximate surface area is 136 Å². The topological polar surface area (TPSA) is 75.6 Å². The Bertz CT molecular complexity index is 573. The first-order valence-electron chi connectivity index (χ1n) is 6.95. The number of benzene rings is 1. The second-order valence-electron chi connectivity index (χ2n) is 5.44. The minimum absolute atomic E-state index is 0.156. The molecule has 2 rings (SSSR count). The Morgan fingerprint density at radius 1 is 1.45 bits per heavy atom. The molecule has 0 aliphatic carbocycles. The van der Waals surface area contributed by atoms with Crippen LogP contribution in [0.2, 0.25) is 0 Å². The maximum atomic E-state index is 13.2. The van der Waals surface area contributed by atoms with Crippen molar-refractivity contribution in [2.75, 3.05) is 13.2 Å². The molecule has 1 aliphatic rings. The fourth-order valence-corrected chi connectivity index (χ4v) is 2.97. The lowest BCUT2D eigenvalue weighted by Gasteiger charge is -2.27. The van der Waals surface area contributed by atoms with E-state index in [1.165, 1.54) is 12.1 Å². The first-order chi connectivity index (χ1) is 10.4. The molecular weight excluding hydrogens is 357 g/mol. The first kappa shape index (κ1) is 16.9. The van der Waals surface area contributed by atoms with Crippen LogP contribution in [0.3, 0.4) is 0 Å². The normalized spacial score (nSPS) is 20.8. The molecule has 1 fully saturated rings. The van der Waals surface area contributed by atoms with Crippen molar-refractivity contribution in [1.82, 2.24) is 5.32 Å². The Kier molecular flexibility index (Phi) is 5.52. The highest BCUT2D eigenvalue weighted by Crippen LogP contribution is 2.24. The van der Waals surface area contributed by atoms with Gasteiger partial charge in [-0.25, -0.2) is 4.39 Å². The number of amides is 1. The number of carbonyl (C=O) groups is 2. The molecule has 1 amide bonds. The van der Waals surface area contributed by atoms with Crippen molar-refractivity contribution < 1.29 is 23.8 Å². The summed E-state index contributed by atoms with van der Waals surface area (Å²) >= 11 is 3.32. The molecule has 1 aliphatic heterocycles. The standard InChI is InChI=1S/C15H17BrFNO4/c16-12-3-2-11(17)7-10(12)1-4-13(19)18-15(8-14(20)21)5-6-22-9-15/h2-3,7H,1,4-6,8-9H2,(H,18,19)(H,20,21). The highest BCUT2D eigenvalue weighted by Gasteiger charge is 2.38.